The van der Waals surface area contributed by atoms with Crippen molar-refractivity contribution >= 4 is 0 Å². The molecule has 4 unspecified atom stereocenters. The minimum absolute atomic E-state index is 0.0150. The number of fused-ring (bicyclic) bond motifs is 2. The third-order valence-electron chi connectivity index (χ3n) is 5.71. The molecule has 1 aromatic rings. The summed E-state index contributed by atoms with van der Waals surface area (Å²) < 4.78 is 0. The van der Waals surface area contributed by atoms with Crippen LogP contribution < -0.4 is 0 Å². The van der Waals surface area contributed by atoms with Gasteiger partial charge in [-0.3, -0.25) is 0 Å². The topological polar surface area (TPSA) is 20.2 Å². The highest BCUT2D eigenvalue weighted by atomic mass is 16.3. The summed E-state index contributed by atoms with van der Waals surface area (Å²) in [5.41, 5.74) is 1.37. The Balaban J connectivity index is 1.96. The number of hydrogen-bond donors (Lipinski definition) is 1. The fourth-order valence-electron chi connectivity index (χ4n) is 4.69. The molecule has 1 nitrogen and oxygen atoms in total. The molecule has 2 aliphatic rings. The first kappa shape index (κ1) is 12.2. The molecule has 0 saturated heterocycles. The highest BCUT2D eigenvalue weighted by molar-refractivity contribution is 5.28. The van der Waals surface area contributed by atoms with Crippen LogP contribution in [0.25, 0.3) is 0 Å². The summed E-state index contributed by atoms with van der Waals surface area (Å²) in [5, 5.41) is 10.1. The molecule has 2 bridgehead atoms. The van der Waals surface area contributed by atoms with Crippen LogP contribution in [0.3, 0.4) is 0 Å². The van der Waals surface area contributed by atoms with Crippen LogP contribution in [0.5, 0.6) is 0 Å². The lowest BCUT2D eigenvalue weighted by Gasteiger charge is -2.42. The Kier molecular flexibility index (Phi) is 3.19. The van der Waals surface area contributed by atoms with Gasteiger partial charge in [-0.05, 0) is 49.0 Å². The standard InChI is InChI=1S/C17H24O/c1-2-17(12-18,15-6-4-3-5-7-15)16-11-13-8-9-14(16)10-13/h3-7,13-14,16,18H,2,8-12H2,1H3. The minimum atomic E-state index is 0.0150. The zero-order valence-corrected chi connectivity index (χ0v) is 11.3. The smallest absolute Gasteiger partial charge is 0.0530 e. The second-order valence-electron chi connectivity index (χ2n) is 6.32. The molecule has 0 amide bonds. The highest BCUT2D eigenvalue weighted by Crippen LogP contribution is 2.56. The number of rotatable bonds is 4. The van der Waals surface area contributed by atoms with E-state index < -0.39 is 0 Å². The zero-order valence-electron chi connectivity index (χ0n) is 11.3. The predicted molar refractivity (Wildman–Crippen MR) is 74.4 cm³/mol. The average molecular weight is 244 g/mol. The van der Waals surface area contributed by atoms with E-state index in [0.717, 1.165) is 18.3 Å². The van der Waals surface area contributed by atoms with Crippen molar-refractivity contribution in [1.82, 2.24) is 0 Å². The van der Waals surface area contributed by atoms with Crippen molar-refractivity contribution in [3.63, 3.8) is 0 Å². The molecular weight excluding hydrogens is 220 g/mol. The van der Waals surface area contributed by atoms with Gasteiger partial charge in [0.15, 0.2) is 0 Å². The SMILES string of the molecule is CCC(CO)(c1ccccc1)C1CC2CCC1C2. The van der Waals surface area contributed by atoms with Crippen molar-refractivity contribution in [2.75, 3.05) is 6.61 Å². The maximum Gasteiger partial charge on any atom is 0.0530 e. The number of aliphatic hydroxyl groups excluding tert-OH is 1. The van der Waals surface area contributed by atoms with Crippen LogP contribution in [0.15, 0.2) is 30.3 Å². The molecule has 18 heavy (non-hydrogen) atoms. The predicted octanol–water partition coefficient (Wildman–Crippen LogP) is 3.76. The number of aliphatic hydroxyl groups is 1. The van der Waals surface area contributed by atoms with Crippen LogP contribution in [0, 0.1) is 17.8 Å². The van der Waals surface area contributed by atoms with Crippen LogP contribution in [-0.4, -0.2) is 11.7 Å². The Morgan fingerprint density at radius 2 is 1.94 bits per heavy atom. The quantitative estimate of drug-likeness (QED) is 0.855. The Morgan fingerprint density at radius 3 is 2.44 bits per heavy atom. The van der Waals surface area contributed by atoms with Gasteiger partial charge in [0, 0.05) is 5.41 Å². The molecule has 1 aromatic carbocycles. The van der Waals surface area contributed by atoms with Gasteiger partial charge in [0.05, 0.1) is 6.61 Å². The summed E-state index contributed by atoms with van der Waals surface area (Å²) in [6, 6.07) is 10.7. The van der Waals surface area contributed by atoms with Crippen LogP contribution in [0.2, 0.25) is 0 Å². The fraction of sp³-hybridized carbons (Fsp3) is 0.647. The summed E-state index contributed by atoms with van der Waals surface area (Å²) in [6.45, 7) is 2.55. The lowest BCUT2D eigenvalue weighted by Crippen LogP contribution is -2.41. The molecule has 0 heterocycles. The molecule has 3 rings (SSSR count). The van der Waals surface area contributed by atoms with Crippen molar-refractivity contribution < 1.29 is 5.11 Å². The number of benzene rings is 1. The molecule has 2 fully saturated rings. The van der Waals surface area contributed by atoms with E-state index in [1.54, 1.807) is 0 Å². The van der Waals surface area contributed by atoms with E-state index in [9.17, 15) is 5.11 Å². The van der Waals surface area contributed by atoms with Crippen LogP contribution in [-0.2, 0) is 5.41 Å². The maximum absolute atomic E-state index is 10.1. The van der Waals surface area contributed by atoms with E-state index in [1.165, 1.54) is 31.2 Å². The summed E-state index contributed by atoms with van der Waals surface area (Å²) in [5.74, 6) is 2.51. The Morgan fingerprint density at radius 1 is 1.17 bits per heavy atom. The molecule has 2 aliphatic carbocycles. The van der Waals surface area contributed by atoms with Crippen molar-refractivity contribution in [1.29, 1.82) is 0 Å². The minimum Gasteiger partial charge on any atom is -0.395 e. The second kappa shape index (κ2) is 4.70. The number of hydrogen-bond acceptors (Lipinski definition) is 1. The second-order valence-corrected chi connectivity index (χ2v) is 6.32. The molecule has 0 aromatic heterocycles. The van der Waals surface area contributed by atoms with E-state index in [1.807, 2.05) is 0 Å². The summed E-state index contributed by atoms with van der Waals surface area (Å²) in [4.78, 5) is 0. The van der Waals surface area contributed by atoms with Gasteiger partial charge in [-0.1, -0.05) is 43.7 Å². The first-order valence-corrected chi connectivity index (χ1v) is 7.46. The molecular formula is C17H24O. The Hall–Kier alpha value is -0.820. The van der Waals surface area contributed by atoms with E-state index in [0.29, 0.717) is 12.5 Å². The molecule has 0 spiro atoms. The lowest BCUT2D eigenvalue weighted by atomic mass is 9.63. The molecule has 2 saturated carbocycles. The average Bonchev–Trinajstić information content (AvgIpc) is 3.05. The van der Waals surface area contributed by atoms with E-state index in [-0.39, 0.29) is 5.41 Å². The largest absolute Gasteiger partial charge is 0.395 e. The first-order chi connectivity index (χ1) is 8.80. The van der Waals surface area contributed by atoms with Gasteiger partial charge in [0.25, 0.3) is 0 Å². The molecule has 0 aliphatic heterocycles. The zero-order chi connectivity index (χ0) is 12.6. The van der Waals surface area contributed by atoms with Crippen LogP contribution >= 0.6 is 0 Å². The van der Waals surface area contributed by atoms with E-state index in [4.69, 9.17) is 0 Å². The third kappa shape index (κ3) is 1.72. The van der Waals surface area contributed by atoms with Gasteiger partial charge in [0.2, 0.25) is 0 Å². The maximum atomic E-state index is 10.1. The van der Waals surface area contributed by atoms with Gasteiger partial charge < -0.3 is 5.11 Å². The van der Waals surface area contributed by atoms with Gasteiger partial charge in [-0.15, -0.1) is 0 Å². The summed E-state index contributed by atoms with van der Waals surface area (Å²) >= 11 is 0. The lowest BCUT2D eigenvalue weighted by molar-refractivity contribution is 0.0943. The van der Waals surface area contributed by atoms with Crippen LogP contribution in [0.4, 0.5) is 0 Å². The van der Waals surface area contributed by atoms with Crippen molar-refractivity contribution in [2.24, 2.45) is 17.8 Å². The molecule has 1 N–H and O–H groups in total. The summed E-state index contributed by atoms with van der Waals surface area (Å²) in [6.07, 6.45) is 6.64. The molecule has 1 heteroatoms. The van der Waals surface area contributed by atoms with Gasteiger partial charge >= 0.3 is 0 Å². The summed E-state index contributed by atoms with van der Waals surface area (Å²) in [7, 11) is 0. The van der Waals surface area contributed by atoms with E-state index in [2.05, 4.69) is 37.3 Å². The molecule has 0 radical (unpaired) electrons. The van der Waals surface area contributed by atoms with Crippen molar-refractivity contribution in [2.45, 2.75) is 44.4 Å². The normalized spacial score (nSPS) is 33.6. The fourth-order valence-corrected chi connectivity index (χ4v) is 4.69. The Bertz CT molecular complexity index is 393. The van der Waals surface area contributed by atoms with Gasteiger partial charge in [0.1, 0.15) is 0 Å². The highest BCUT2D eigenvalue weighted by Gasteiger charge is 2.50. The monoisotopic (exact) mass is 244 g/mol. The third-order valence-corrected chi connectivity index (χ3v) is 5.71. The first-order valence-electron chi connectivity index (χ1n) is 7.46. The van der Waals surface area contributed by atoms with Gasteiger partial charge in [-0.25, -0.2) is 0 Å². The van der Waals surface area contributed by atoms with Crippen molar-refractivity contribution in [3.8, 4) is 0 Å². The molecule has 98 valence electrons. The van der Waals surface area contributed by atoms with E-state index >= 15 is 0 Å². The van der Waals surface area contributed by atoms with Gasteiger partial charge in [-0.2, -0.15) is 0 Å². The van der Waals surface area contributed by atoms with Crippen molar-refractivity contribution in [3.05, 3.63) is 35.9 Å². The molecule has 4 atom stereocenters. The Labute approximate surface area is 110 Å². The van der Waals surface area contributed by atoms with Crippen LogP contribution in [0.1, 0.15) is 44.6 Å².